The molecule has 2 aromatic heterocycles. The Kier molecular flexibility index (Phi) is 6.91. The molecule has 0 aliphatic rings. The van der Waals surface area contributed by atoms with Crippen molar-refractivity contribution < 1.29 is 13.9 Å². The summed E-state index contributed by atoms with van der Waals surface area (Å²) in [6.07, 6.45) is 4.80. The Morgan fingerprint density at radius 2 is 1.81 bits per heavy atom. The van der Waals surface area contributed by atoms with Crippen LogP contribution >= 0.6 is 11.6 Å². The summed E-state index contributed by atoms with van der Waals surface area (Å²) in [7, 11) is 0. The highest BCUT2D eigenvalue weighted by Crippen LogP contribution is 2.31. The second-order valence-electron chi connectivity index (χ2n) is 8.28. The van der Waals surface area contributed by atoms with Gasteiger partial charge < -0.3 is 19.4 Å². The minimum atomic E-state index is -0.308. The Labute approximate surface area is 212 Å². The monoisotopic (exact) mass is 500 g/mol. The molecule has 0 radical (unpaired) electrons. The van der Waals surface area contributed by atoms with Crippen molar-refractivity contribution in [1.29, 1.82) is 0 Å². The van der Waals surface area contributed by atoms with Gasteiger partial charge >= 0.3 is 0 Å². The van der Waals surface area contributed by atoms with Crippen LogP contribution in [-0.4, -0.2) is 20.8 Å². The average Bonchev–Trinajstić information content (AvgIpc) is 3.29. The Bertz CT molecular complexity index is 1520. The second-order valence-corrected chi connectivity index (χ2v) is 8.68. The number of fused-ring (bicyclic) bond motifs is 1. The molecular weight excluding hydrogens is 479 g/mol. The molecule has 8 heteroatoms. The zero-order chi connectivity index (χ0) is 24.9. The molecule has 0 bridgehead atoms. The Morgan fingerprint density at radius 3 is 2.58 bits per heavy atom. The van der Waals surface area contributed by atoms with Crippen LogP contribution in [0.3, 0.4) is 0 Å². The lowest BCUT2D eigenvalue weighted by Crippen LogP contribution is -2.03. The lowest BCUT2D eigenvalue weighted by molar-refractivity contribution is -0.107. The lowest BCUT2D eigenvalue weighted by atomic mass is 10.1. The minimum absolute atomic E-state index is 0.209. The van der Waals surface area contributed by atoms with Crippen molar-refractivity contribution in [2.75, 3.05) is 5.32 Å². The number of nitrogens with one attached hydrogen (secondary N) is 1. The molecule has 0 amide bonds. The Morgan fingerprint density at radius 1 is 0.972 bits per heavy atom. The van der Waals surface area contributed by atoms with Crippen LogP contribution in [0.15, 0.2) is 85.3 Å². The van der Waals surface area contributed by atoms with Crippen molar-refractivity contribution in [2.24, 2.45) is 0 Å². The van der Waals surface area contributed by atoms with Crippen LogP contribution in [0.4, 0.5) is 15.9 Å². The third-order valence-corrected chi connectivity index (χ3v) is 6.02. The molecule has 2 heterocycles. The van der Waals surface area contributed by atoms with Gasteiger partial charge in [-0.3, -0.25) is 0 Å². The Hall–Kier alpha value is -4.23. The number of anilines is 2. The van der Waals surface area contributed by atoms with Crippen molar-refractivity contribution in [1.82, 2.24) is 14.5 Å². The predicted molar refractivity (Wildman–Crippen MR) is 138 cm³/mol. The van der Waals surface area contributed by atoms with E-state index in [0.717, 1.165) is 39.7 Å². The molecule has 180 valence electrons. The van der Waals surface area contributed by atoms with Crippen LogP contribution in [-0.2, 0) is 24.4 Å². The lowest BCUT2D eigenvalue weighted by Gasteiger charge is -2.13. The standard InChI is InChI=1S/C28H22ClFN4O2/c29-24-15-23(8-9-26(24)36-17-21-2-1-3-22(30)14-21)33-28-27-25(31-18-32-28)10-12-34(27)16-20-6-4-19(5-7-20)11-13-35/h1-10,12-15,18H,11,16-17H2,(H,31,32,33). The van der Waals surface area contributed by atoms with Crippen molar-refractivity contribution >= 4 is 40.4 Å². The van der Waals surface area contributed by atoms with Gasteiger partial charge in [0, 0.05) is 24.8 Å². The first-order chi connectivity index (χ1) is 17.6. The number of rotatable bonds is 9. The number of ether oxygens (including phenoxy) is 1. The van der Waals surface area contributed by atoms with E-state index in [4.69, 9.17) is 16.3 Å². The topological polar surface area (TPSA) is 69.0 Å². The summed E-state index contributed by atoms with van der Waals surface area (Å²) in [4.78, 5) is 19.6. The van der Waals surface area contributed by atoms with Gasteiger partial charge in [0.1, 0.15) is 36.3 Å². The Balaban J connectivity index is 1.34. The quantitative estimate of drug-likeness (QED) is 0.239. The summed E-state index contributed by atoms with van der Waals surface area (Å²) in [5.41, 5.74) is 5.21. The number of carbonyl (C=O) groups is 1. The van der Waals surface area contributed by atoms with Crippen LogP contribution in [0.1, 0.15) is 16.7 Å². The number of hydrogen-bond donors (Lipinski definition) is 1. The van der Waals surface area contributed by atoms with Gasteiger partial charge in [-0.25, -0.2) is 14.4 Å². The zero-order valence-electron chi connectivity index (χ0n) is 19.2. The molecular formula is C28H22ClFN4O2. The first kappa shape index (κ1) is 23.5. The normalized spacial score (nSPS) is 10.9. The highest BCUT2D eigenvalue weighted by molar-refractivity contribution is 6.32. The number of nitrogens with zero attached hydrogens (tertiary/aromatic N) is 3. The summed E-state index contributed by atoms with van der Waals surface area (Å²) in [6.45, 7) is 0.834. The average molecular weight is 501 g/mol. The molecule has 0 spiro atoms. The van der Waals surface area contributed by atoms with Gasteiger partial charge in [0.25, 0.3) is 0 Å². The van der Waals surface area contributed by atoms with E-state index < -0.39 is 0 Å². The van der Waals surface area contributed by atoms with Crippen molar-refractivity contribution in [3.63, 3.8) is 0 Å². The summed E-state index contributed by atoms with van der Waals surface area (Å²) < 4.78 is 21.2. The van der Waals surface area contributed by atoms with E-state index in [1.165, 1.54) is 18.5 Å². The molecule has 0 unspecified atom stereocenters. The number of halogens is 2. The van der Waals surface area contributed by atoms with E-state index in [1.807, 2.05) is 42.6 Å². The molecule has 0 atom stereocenters. The maximum atomic E-state index is 13.4. The fraction of sp³-hybridized carbons (Fsp3) is 0.107. The van der Waals surface area contributed by atoms with E-state index >= 15 is 0 Å². The van der Waals surface area contributed by atoms with E-state index in [0.29, 0.717) is 29.6 Å². The van der Waals surface area contributed by atoms with E-state index in [9.17, 15) is 9.18 Å². The number of benzene rings is 3. The second kappa shape index (κ2) is 10.6. The molecule has 3 aromatic carbocycles. The maximum absolute atomic E-state index is 13.4. The van der Waals surface area contributed by atoms with Crippen molar-refractivity contribution in [2.45, 2.75) is 19.6 Å². The van der Waals surface area contributed by atoms with E-state index in [-0.39, 0.29) is 12.4 Å². The van der Waals surface area contributed by atoms with E-state index in [1.54, 1.807) is 24.3 Å². The summed E-state index contributed by atoms with van der Waals surface area (Å²) >= 11 is 6.47. The first-order valence-electron chi connectivity index (χ1n) is 11.3. The maximum Gasteiger partial charge on any atom is 0.158 e. The third-order valence-electron chi connectivity index (χ3n) is 5.72. The van der Waals surface area contributed by atoms with Crippen molar-refractivity contribution in [3.05, 3.63) is 113 Å². The molecule has 5 aromatic rings. The SMILES string of the molecule is O=CCc1ccc(Cn2ccc3ncnc(Nc4ccc(OCc5cccc(F)c5)c(Cl)c4)c32)cc1. The number of hydrogen-bond acceptors (Lipinski definition) is 5. The highest BCUT2D eigenvalue weighted by atomic mass is 35.5. The third kappa shape index (κ3) is 5.37. The van der Waals surface area contributed by atoms with Crippen LogP contribution in [0.5, 0.6) is 5.75 Å². The number of aromatic nitrogens is 3. The van der Waals surface area contributed by atoms with Gasteiger partial charge in [0.2, 0.25) is 0 Å². The number of carbonyl (C=O) groups excluding carboxylic acids is 1. The molecule has 0 aliphatic heterocycles. The predicted octanol–water partition coefficient (Wildman–Crippen LogP) is 6.34. The molecule has 0 aliphatic carbocycles. The van der Waals surface area contributed by atoms with Gasteiger partial charge in [-0.05, 0) is 53.1 Å². The summed E-state index contributed by atoms with van der Waals surface area (Å²) in [6, 6.07) is 21.5. The fourth-order valence-corrected chi connectivity index (χ4v) is 4.18. The molecule has 5 rings (SSSR count). The highest BCUT2D eigenvalue weighted by Gasteiger charge is 2.12. The van der Waals surface area contributed by atoms with Gasteiger partial charge in [-0.1, -0.05) is 48.0 Å². The van der Waals surface area contributed by atoms with Gasteiger partial charge in [0.05, 0.1) is 10.5 Å². The van der Waals surface area contributed by atoms with E-state index in [2.05, 4.69) is 19.9 Å². The molecule has 1 N–H and O–H groups in total. The van der Waals surface area contributed by atoms with Gasteiger partial charge in [-0.15, -0.1) is 0 Å². The number of aldehydes is 1. The van der Waals surface area contributed by atoms with Crippen LogP contribution in [0.25, 0.3) is 11.0 Å². The van der Waals surface area contributed by atoms with Crippen LogP contribution in [0, 0.1) is 5.82 Å². The van der Waals surface area contributed by atoms with Crippen LogP contribution < -0.4 is 10.1 Å². The molecule has 0 fully saturated rings. The van der Waals surface area contributed by atoms with Crippen molar-refractivity contribution in [3.8, 4) is 5.75 Å². The molecule has 0 saturated heterocycles. The van der Waals surface area contributed by atoms with Gasteiger partial charge in [-0.2, -0.15) is 0 Å². The molecule has 0 saturated carbocycles. The zero-order valence-corrected chi connectivity index (χ0v) is 20.0. The largest absolute Gasteiger partial charge is 0.487 e. The van der Waals surface area contributed by atoms with Gasteiger partial charge in [0.15, 0.2) is 5.82 Å². The fourth-order valence-electron chi connectivity index (χ4n) is 3.95. The summed E-state index contributed by atoms with van der Waals surface area (Å²) in [5, 5.41) is 3.76. The van der Waals surface area contributed by atoms with Crippen LogP contribution in [0.2, 0.25) is 5.02 Å². The molecule has 6 nitrogen and oxygen atoms in total. The summed E-state index contributed by atoms with van der Waals surface area (Å²) in [5.74, 6) is 0.838. The molecule has 36 heavy (non-hydrogen) atoms. The minimum Gasteiger partial charge on any atom is -0.487 e. The first-order valence-corrected chi connectivity index (χ1v) is 11.7. The smallest absolute Gasteiger partial charge is 0.158 e.